The van der Waals surface area contributed by atoms with Crippen molar-refractivity contribution >= 4 is 5.97 Å². The van der Waals surface area contributed by atoms with Crippen LogP contribution in [-0.4, -0.2) is 36.4 Å². The van der Waals surface area contributed by atoms with E-state index in [-0.39, 0.29) is 12.0 Å². The molecule has 0 spiro atoms. The molecule has 0 aromatic heterocycles. The molecule has 1 aliphatic heterocycles. The van der Waals surface area contributed by atoms with Gasteiger partial charge in [-0.15, -0.1) is 0 Å². The summed E-state index contributed by atoms with van der Waals surface area (Å²) in [5.74, 6) is 0.117. The standard InChI is InChI=1S/C20H29NO4/c1-14-4-5-16(19(11-14)25-13-18-3-2-10-24-18)12-21-17-8-6-15(7-9-17)20(22)23/h4-5,11,15,17-18,21H,2-3,6-10,12-13H2,1H3,(H,22,23). The number of nitrogens with one attached hydrogen (secondary N) is 1. The van der Waals surface area contributed by atoms with E-state index in [0.29, 0.717) is 12.6 Å². The summed E-state index contributed by atoms with van der Waals surface area (Å²) in [7, 11) is 0. The highest BCUT2D eigenvalue weighted by Crippen LogP contribution is 2.26. The quantitative estimate of drug-likeness (QED) is 0.792. The van der Waals surface area contributed by atoms with Gasteiger partial charge in [-0.2, -0.15) is 0 Å². The number of carboxylic acids is 1. The van der Waals surface area contributed by atoms with Crippen molar-refractivity contribution in [2.45, 2.75) is 64.1 Å². The molecule has 1 atom stereocenters. The lowest BCUT2D eigenvalue weighted by Gasteiger charge is -2.27. The molecule has 5 nitrogen and oxygen atoms in total. The molecule has 1 saturated carbocycles. The molecular formula is C20H29NO4. The van der Waals surface area contributed by atoms with Gasteiger partial charge in [0.2, 0.25) is 0 Å². The van der Waals surface area contributed by atoms with Gasteiger partial charge in [-0.25, -0.2) is 0 Å². The number of hydrogen-bond acceptors (Lipinski definition) is 4. The highest BCUT2D eigenvalue weighted by Gasteiger charge is 2.25. The summed E-state index contributed by atoms with van der Waals surface area (Å²) in [6, 6.07) is 6.71. The fourth-order valence-electron chi connectivity index (χ4n) is 3.70. The van der Waals surface area contributed by atoms with E-state index in [1.54, 1.807) is 0 Å². The van der Waals surface area contributed by atoms with Gasteiger partial charge in [-0.3, -0.25) is 4.79 Å². The van der Waals surface area contributed by atoms with E-state index in [1.807, 2.05) is 0 Å². The molecule has 3 rings (SSSR count). The normalized spacial score (nSPS) is 26.5. The van der Waals surface area contributed by atoms with E-state index in [4.69, 9.17) is 14.6 Å². The first kappa shape index (κ1) is 18.2. The number of ether oxygens (including phenoxy) is 2. The largest absolute Gasteiger partial charge is 0.491 e. The average molecular weight is 347 g/mol. The first-order valence-electron chi connectivity index (χ1n) is 9.42. The van der Waals surface area contributed by atoms with Crippen molar-refractivity contribution in [3.05, 3.63) is 29.3 Å². The maximum absolute atomic E-state index is 11.1. The van der Waals surface area contributed by atoms with Gasteiger partial charge in [-0.1, -0.05) is 12.1 Å². The van der Waals surface area contributed by atoms with Gasteiger partial charge in [0.1, 0.15) is 12.4 Å². The number of hydrogen-bond donors (Lipinski definition) is 2. The van der Waals surface area contributed by atoms with Crippen LogP contribution in [0.4, 0.5) is 0 Å². The van der Waals surface area contributed by atoms with Crippen molar-refractivity contribution in [1.29, 1.82) is 0 Å². The number of aliphatic carboxylic acids is 1. The number of carboxylic acid groups (broad SMARTS) is 1. The molecule has 2 N–H and O–H groups in total. The second-order valence-corrected chi connectivity index (χ2v) is 7.32. The fraction of sp³-hybridized carbons (Fsp3) is 0.650. The minimum absolute atomic E-state index is 0.164. The molecule has 0 bridgehead atoms. The number of aryl methyl sites for hydroxylation is 1. The van der Waals surface area contributed by atoms with Crippen LogP contribution in [-0.2, 0) is 16.1 Å². The summed E-state index contributed by atoms with van der Waals surface area (Å²) in [5.41, 5.74) is 2.34. The first-order chi connectivity index (χ1) is 12.1. The monoisotopic (exact) mass is 347 g/mol. The van der Waals surface area contributed by atoms with E-state index in [0.717, 1.165) is 63.0 Å². The van der Waals surface area contributed by atoms with Crippen molar-refractivity contribution in [3.63, 3.8) is 0 Å². The van der Waals surface area contributed by atoms with Gasteiger partial charge in [0.05, 0.1) is 12.0 Å². The molecule has 1 heterocycles. The van der Waals surface area contributed by atoms with E-state index in [2.05, 4.69) is 30.4 Å². The van der Waals surface area contributed by atoms with Gasteiger partial charge in [0, 0.05) is 24.8 Å². The molecule has 1 aliphatic carbocycles. The van der Waals surface area contributed by atoms with Crippen LogP contribution in [0.5, 0.6) is 5.75 Å². The predicted octanol–water partition coefficient (Wildman–Crippen LogP) is 3.29. The summed E-state index contributed by atoms with van der Waals surface area (Å²) in [5, 5.41) is 12.7. The van der Waals surface area contributed by atoms with Gasteiger partial charge in [0.15, 0.2) is 0 Å². The predicted molar refractivity (Wildman–Crippen MR) is 95.9 cm³/mol. The molecule has 1 aromatic carbocycles. The van der Waals surface area contributed by atoms with E-state index >= 15 is 0 Å². The molecule has 1 aromatic rings. The molecule has 25 heavy (non-hydrogen) atoms. The lowest BCUT2D eigenvalue weighted by Crippen LogP contribution is -2.34. The minimum Gasteiger partial charge on any atom is -0.491 e. The molecular weight excluding hydrogens is 318 g/mol. The van der Waals surface area contributed by atoms with Crippen LogP contribution >= 0.6 is 0 Å². The third-order valence-corrected chi connectivity index (χ3v) is 5.33. The van der Waals surface area contributed by atoms with Gasteiger partial charge < -0.3 is 19.9 Å². The van der Waals surface area contributed by atoms with Crippen molar-refractivity contribution < 1.29 is 19.4 Å². The number of benzene rings is 1. The SMILES string of the molecule is Cc1ccc(CNC2CCC(C(=O)O)CC2)c(OCC2CCCO2)c1. The van der Waals surface area contributed by atoms with Gasteiger partial charge in [0.25, 0.3) is 0 Å². The van der Waals surface area contributed by atoms with Crippen molar-refractivity contribution in [1.82, 2.24) is 5.32 Å². The Bertz CT molecular complexity index is 575. The maximum Gasteiger partial charge on any atom is 0.306 e. The Kier molecular flexibility index (Phi) is 6.32. The average Bonchev–Trinajstić information content (AvgIpc) is 3.13. The Labute approximate surface area is 149 Å². The minimum atomic E-state index is -0.651. The Hall–Kier alpha value is -1.59. The zero-order chi connectivity index (χ0) is 17.6. The van der Waals surface area contributed by atoms with Crippen LogP contribution in [0, 0.1) is 12.8 Å². The van der Waals surface area contributed by atoms with Gasteiger partial charge in [-0.05, 0) is 57.1 Å². The topological polar surface area (TPSA) is 67.8 Å². The molecule has 0 amide bonds. The Balaban J connectivity index is 1.52. The van der Waals surface area contributed by atoms with Crippen molar-refractivity contribution in [2.24, 2.45) is 5.92 Å². The van der Waals surface area contributed by atoms with Crippen LogP contribution < -0.4 is 10.1 Å². The highest BCUT2D eigenvalue weighted by molar-refractivity contribution is 5.70. The Morgan fingerprint density at radius 3 is 2.76 bits per heavy atom. The van der Waals surface area contributed by atoms with Crippen LogP contribution in [0.25, 0.3) is 0 Å². The summed E-state index contributed by atoms with van der Waals surface area (Å²) in [4.78, 5) is 11.1. The van der Waals surface area contributed by atoms with E-state index in [9.17, 15) is 4.79 Å². The zero-order valence-corrected chi connectivity index (χ0v) is 15.0. The first-order valence-corrected chi connectivity index (χ1v) is 9.42. The zero-order valence-electron chi connectivity index (χ0n) is 15.0. The molecule has 2 aliphatic rings. The fourth-order valence-corrected chi connectivity index (χ4v) is 3.70. The van der Waals surface area contributed by atoms with Gasteiger partial charge >= 0.3 is 5.97 Å². The van der Waals surface area contributed by atoms with E-state index in [1.165, 1.54) is 5.56 Å². The second-order valence-electron chi connectivity index (χ2n) is 7.32. The maximum atomic E-state index is 11.1. The third-order valence-electron chi connectivity index (χ3n) is 5.33. The Morgan fingerprint density at radius 2 is 2.08 bits per heavy atom. The van der Waals surface area contributed by atoms with Crippen LogP contribution in [0.15, 0.2) is 18.2 Å². The molecule has 1 unspecified atom stereocenters. The van der Waals surface area contributed by atoms with Crippen LogP contribution in [0.1, 0.15) is 49.7 Å². The second kappa shape index (κ2) is 8.68. The number of carbonyl (C=O) groups is 1. The molecule has 2 fully saturated rings. The summed E-state index contributed by atoms with van der Waals surface area (Å²) in [6.45, 7) is 4.28. The molecule has 1 saturated heterocycles. The van der Waals surface area contributed by atoms with Crippen LogP contribution in [0.3, 0.4) is 0 Å². The van der Waals surface area contributed by atoms with Crippen molar-refractivity contribution in [3.8, 4) is 5.75 Å². The van der Waals surface area contributed by atoms with Crippen molar-refractivity contribution in [2.75, 3.05) is 13.2 Å². The third kappa shape index (κ3) is 5.19. The smallest absolute Gasteiger partial charge is 0.306 e. The Morgan fingerprint density at radius 1 is 1.28 bits per heavy atom. The summed E-state index contributed by atoms with van der Waals surface area (Å²) < 4.78 is 11.7. The lowest BCUT2D eigenvalue weighted by molar-refractivity contribution is -0.142. The molecule has 0 radical (unpaired) electrons. The molecule has 5 heteroatoms. The molecule has 138 valence electrons. The lowest BCUT2D eigenvalue weighted by atomic mass is 9.86. The number of rotatable bonds is 7. The summed E-state index contributed by atoms with van der Waals surface area (Å²) >= 11 is 0. The summed E-state index contributed by atoms with van der Waals surface area (Å²) in [6.07, 6.45) is 5.80. The van der Waals surface area contributed by atoms with E-state index < -0.39 is 5.97 Å². The highest BCUT2D eigenvalue weighted by atomic mass is 16.5. The van der Waals surface area contributed by atoms with Crippen LogP contribution in [0.2, 0.25) is 0 Å².